The number of carbonyl (C=O) groups is 2. The number of hydrogen-bond donors (Lipinski definition) is 1. The van der Waals surface area contributed by atoms with Gasteiger partial charge in [0.15, 0.2) is 0 Å². The molecular formula is C18H28N4O2. The van der Waals surface area contributed by atoms with Crippen LogP contribution in [0.4, 0.5) is 5.82 Å². The van der Waals surface area contributed by atoms with Crippen LogP contribution in [0.1, 0.15) is 57.6 Å². The maximum Gasteiger partial charge on any atom is 0.229 e. The minimum atomic E-state index is 0.115. The molecule has 1 saturated carbocycles. The van der Waals surface area contributed by atoms with Gasteiger partial charge in [-0.3, -0.25) is 14.5 Å². The zero-order chi connectivity index (χ0) is 17.1. The molecule has 132 valence electrons. The number of nitrogens with zero attached hydrogens (tertiary/aromatic N) is 3. The number of carbonyl (C=O) groups excluding carboxylic acids is 2. The Hall–Kier alpha value is -1.85. The zero-order valence-corrected chi connectivity index (χ0v) is 14.8. The number of anilines is 1. The Bertz CT molecular complexity index is 602. The molecule has 24 heavy (non-hydrogen) atoms. The summed E-state index contributed by atoms with van der Waals surface area (Å²) in [6.45, 7) is 5.45. The largest absolute Gasteiger partial charge is 0.353 e. The fraction of sp³-hybridized carbons (Fsp3) is 0.722. The molecule has 0 spiro atoms. The molecule has 0 bridgehead atoms. The van der Waals surface area contributed by atoms with E-state index in [1.54, 1.807) is 4.90 Å². The number of nitrogens with one attached hydrogen (secondary N) is 1. The van der Waals surface area contributed by atoms with E-state index in [4.69, 9.17) is 0 Å². The molecule has 6 nitrogen and oxygen atoms in total. The Labute approximate surface area is 143 Å². The Morgan fingerprint density at radius 3 is 2.83 bits per heavy atom. The van der Waals surface area contributed by atoms with E-state index in [1.165, 1.54) is 12.8 Å². The molecule has 2 heterocycles. The normalized spacial score (nSPS) is 23.9. The van der Waals surface area contributed by atoms with Crippen molar-refractivity contribution < 1.29 is 9.59 Å². The minimum Gasteiger partial charge on any atom is -0.353 e. The smallest absolute Gasteiger partial charge is 0.229 e. The molecule has 1 aromatic rings. The van der Waals surface area contributed by atoms with E-state index in [9.17, 15) is 9.59 Å². The maximum absolute atomic E-state index is 12.2. The molecule has 0 unspecified atom stereocenters. The van der Waals surface area contributed by atoms with Crippen LogP contribution in [-0.4, -0.2) is 34.2 Å². The van der Waals surface area contributed by atoms with Crippen molar-refractivity contribution in [2.24, 2.45) is 5.92 Å². The molecule has 2 amide bonds. The Kier molecular flexibility index (Phi) is 5.21. The molecule has 0 radical (unpaired) electrons. The molecule has 1 fully saturated rings. The highest BCUT2D eigenvalue weighted by Gasteiger charge is 2.25. The van der Waals surface area contributed by atoms with Gasteiger partial charge < -0.3 is 5.32 Å². The lowest BCUT2D eigenvalue weighted by Crippen LogP contribution is -2.40. The van der Waals surface area contributed by atoms with Crippen LogP contribution in [0.5, 0.6) is 0 Å². The summed E-state index contributed by atoms with van der Waals surface area (Å²) >= 11 is 0. The topological polar surface area (TPSA) is 67.2 Å². The molecule has 6 heteroatoms. The van der Waals surface area contributed by atoms with Crippen molar-refractivity contribution in [3.63, 3.8) is 0 Å². The van der Waals surface area contributed by atoms with Gasteiger partial charge in [0.2, 0.25) is 11.8 Å². The van der Waals surface area contributed by atoms with Crippen LogP contribution in [0.2, 0.25) is 0 Å². The predicted octanol–water partition coefficient (Wildman–Crippen LogP) is 2.40. The predicted molar refractivity (Wildman–Crippen MR) is 92.7 cm³/mol. The van der Waals surface area contributed by atoms with Crippen LogP contribution < -0.4 is 10.2 Å². The summed E-state index contributed by atoms with van der Waals surface area (Å²) in [6.07, 6.45) is 6.24. The number of fused-ring (bicyclic) bond motifs is 1. The quantitative estimate of drug-likeness (QED) is 0.900. The van der Waals surface area contributed by atoms with Gasteiger partial charge in [-0.1, -0.05) is 6.92 Å². The first-order chi connectivity index (χ1) is 11.5. The van der Waals surface area contributed by atoms with Crippen LogP contribution >= 0.6 is 0 Å². The van der Waals surface area contributed by atoms with Crippen LogP contribution in [0.25, 0.3) is 0 Å². The van der Waals surface area contributed by atoms with Crippen molar-refractivity contribution in [3.05, 3.63) is 11.8 Å². The first-order valence-corrected chi connectivity index (χ1v) is 9.17. The van der Waals surface area contributed by atoms with Crippen molar-refractivity contribution in [1.29, 1.82) is 0 Å². The van der Waals surface area contributed by atoms with Crippen LogP contribution in [0, 0.1) is 12.8 Å². The lowest BCUT2D eigenvalue weighted by Gasteiger charge is -2.28. The maximum atomic E-state index is 12.2. The Balaban J connectivity index is 1.46. The SMILES string of the molecule is Cc1cc2n(n1)CCC(=O)N2CCCC(=O)NC1CCC(C)CC1. The van der Waals surface area contributed by atoms with E-state index in [-0.39, 0.29) is 11.8 Å². The second kappa shape index (κ2) is 7.36. The number of rotatable bonds is 5. The number of aromatic nitrogens is 2. The van der Waals surface area contributed by atoms with Crippen molar-refractivity contribution >= 4 is 17.6 Å². The van der Waals surface area contributed by atoms with Gasteiger partial charge in [0.05, 0.1) is 12.2 Å². The summed E-state index contributed by atoms with van der Waals surface area (Å²) < 4.78 is 1.89. The van der Waals surface area contributed by atoms with Gasteiger partial charge in [-0.2, -0.15) is 5.10 Å². The van der Waals surface area contributed by atoms with Crippen LogP contribution in [0.3, 0.4) is 0 Å². The van der Waals surface area contributed by atoms with Crippen LogP contribution in [-0.2, 0) is 16.1 Å². The third kappa shape index (κ3) is 3.97. The molecule has 2 aliphatic rings. The molecule has 1 aromatic heterocycles. The van der Waals surface area contributed by atoms with Crippen molar-refractivity contribution in [1.82, 2.24) is 15.1 Å². The average molecular weight is 332 g/mol. The molecule has 0 aromatic carbocycles. The molecule has 3 rings (SSSR count). The van der Waals surface area contributed by atoms with Gasteiger partial charge in [0.25, 0.3) is 0 Å². The first-order valence-electron chi connectivity index (χ1n) is 9.17. The van der Waals surface area contributed by atoms with Crippen LogP contribution in [0.15, 0.2) is 6.07 Å². The number of aryl methyl sites for hydroxylation is 2. The summed E-state index contributed by atoms with van der Waals surface area (Å²) in [7, 11) is 0. The van der Waals surface area contributed by atoms with E-state index in [0.29, 0.717) is 38.4 Å². The number of hydrogen-bond acceptors (Lipinski definition) is 3. The summed E-state index contributed by atoms with van der Waals surface area (Å²) in [4.78, 5) is 26.1. The van der Waals surface area contributed by atoms with Crippen molar-refractivity contribution in [2.45, 2.75) is 71.4 Å². The van der Waals surface area contributed by atoms with Gasteiger partial charge in [-0.25, -0.2) is 4.68 Å². The van der Waals surface area contributed by atoms with E-state index < -0.39 is 0 Å². The van der Waals surface area contributed by atoms with E-state index in [0.717, 1.165) is 30.3 Å². The van der Waals surface area contributed by atoms with E-state index in [1.807, 2.05) is 17.7 Å². The van der Waals surface area contributed by atoms with E-state index in [2.05, 4.69) is 17.3 Å². The average Bonchev–Trinajstić information content (AvgIpc) is 2.92. The van der Waals surface area contributed by atoms with Gasteiger partial charge >= 0.3 is 0 Å². The highest BCUT2D eigenvalue weighted by molar-refractivity contribution is 5.93. The molecule has 1 aliphatic heterocycles. The summed E-state index contributed by atoms with van der Waals surface area (Å²) in [5.41, 5.74) is 0.925. The highest BCUT2D eigenvalue weighted by atomic mass is 16.2. The minimum absolute atomic E-state index is 0.115. The Morgan fingerprint density at radius 1 is 1.33 bits per heavy atom. The first kappa shape index (κ1) is 17.0. The fourth-order valence-electron chi connectivity index (χ4n) is 3.72. The van der Waals surface area contributed by atoms with Crippen molar-refractivity contribution in [3.8, 4) is 0 Å². The molecule has 0 atom stereocenters. The van der Waals surface area contributed by atoms with E-state index >= 15 is 0 Å². The summed E-state index contributed by atoms with van der Waals surface area (Å²) in [6, 6.07) is 2.29. The van der Waals surface area contributed by atoms with Gasteiger partial charge in [-0.15, -0.1) is 0 Å². The lowest BCUT2D eigenvalue weighted by atomic mass is 9.87. The standard InChI is InChI=1S/C18H28N4O2/c1-13-5-7-15(8-6-13)19-16(23)4-3-10-21-17-12-14(2)20-22(17)11-9-18(21)24/h12-13,15H,3-11H2,1-2H3,(H,19,23). The summed E-state index contributed by atoms with van der Waals surface area (Å²) in [5, 5.41) is 7.56. The third-order valence-corrected chi connectivity index (χ3v) is 5.16. The third-order valence-electron chi connectivity index (χ3n) is 5.16. The monoisotopic (exact) mass is 332 g/mol. The Morgan fingerprint density at radius 2 is 2.08 bits per heavy atom. The van der Waals surface area contributed by atoms with Gasteiger partial charge in [0.1, 0.15) is 5.82 Å². The second-order valence-electron chi connectivity index (χ2n) is 7.29. The van der Waals surface area contributed by atoms with Gasteiger partial charge in [-0.05, 0) is 44.9 Å². The lowest BCUT2D eigenvalue weighted by molar-refractivity contribution is -0.123. The number of amides is 2. The zero-order valence-electron chi connectivity index (χ0n) is 14.8. The molecule has 1 N–H and O–H groups in total. The molecule has 0 saturated heterocycles. The second-order valence-corrected chi connectivity index (χ2v) is 7.29. The fourth-order valence-corrected chi connectivity index (χ4v) is 3.72. The summed E-state index contributed by atoms with van der Waals surface area (Å²) in [5.74, 6) is 1.90. The molecular weight excluding hydrogens is 304 g/mol. The van der Waals surface area contributed by atoms with Crippen molar-refractivity contribution in [2.75, 3.05) is 11.4 Å². The molecule has 1 aliphatic carbocycles. The van der Waals surface area contributed by atoms with Gasteiger partial charge in [0, 0.05) is 31.5 Å². The highest BCUT2D eigenvalue weighted by Crippen LogP contribution is 2.24.